The number of rotatable bonds is 6. The summed E-state index contributed by atoms with van der Waals surface area (Å²) in [7, 11) is 1.61. The van der Waals surface area contributed by atoms with Gasteiger partial charge >= 0.3 is 0 Å². The number of anilines is 1. The molecule has 0 saturated heterocycles. The molecule has 0 radical (unpaired) electrons. The first-order chi connectivity index (χ1) is 8.13. The van der Waals surface area contributed by atoms with Crippen molar-refractivity contribution in [3.63, 3.8) is 0 Å². The molecule has 1 aromatic carbocycles. The van der Waals surface area contributed by atoms with Gasteiger partial charge in [0.2, 0.25) is 5.91 Å². The second-order valence-corrected chi connectivity index (χ2v) is 3.65. The van der Waals surface area contributed by atoms with Gasteiger partial charge in [0, 0.05) is 18.9 Å². The minimum Gasteiger partial charge on any atom is -0.491 e. The van der Waals surface area contributed by atoms with Gasteiger partial charge in [0.1, 0.15) is 12.4 Å². The zero-order chi connectivity index (χ0) is 12.7. The molecule has 0 saturated carbocycles. The number of hydrogen-bond acceptors (Lipinski definition) is 4. The number of carbonyl (C=O) groups excluding carboxylic acids is 1. The maximum atomic E-state index is 11.4. The molecule has 3 N–H and O–H groups in total. The zero-order valence-corrected chi connectivity index (χ0v) is 10.1. The summed E-state index contributed by atoms with van der Waals surface area (Å²) in [6.45, 7) is 2.63. The second kappa shape index (κ2) is 6.88. The molecule has 0 bridgehead atoms. The Labute approximate surface area is 101 Å². The van der Waals surface area contributed by atoms with Gasteiger partial charge in [0.25, 0.3) is 0 Å². The first-order valence-electron chi connectivity index (χ1n) is 5.41. The molecule has 0 spiro atoms. The number of benzene rings is 1. The third-order valence-corrected chi connectivity index (χ3v) is 2.07. The molecular formula is C12H18N2O3. The van der Waals surface area contributed by atoms with Crippen LogP contribution in [0.5, 0.6) is 5.75 Å². The summed E-state index contributed by atoms with van der Waals surface area (Å²) >= 11 is 0. The number of carbonyl (C=O) groups is 1. The molecule has 5 heteroatoms. The fourth-order valence-electron chi connectivity index (χ4n) is 1.16. The lowest BCUT2D eigenvalue weighted by Gasteiger charge is -2.10. The van der Waals surface area contributed by atoms with E-state index in [0.29, 0.717) is 24.7 Å². The van der Waals surface area contributed by atoms with Crippen molar-refractivity contribution in [1.82, 2.24) is 0 Å². The monoisotopic (exact) mass is 238 g/mol. The molecule has 1 aromatic rings. The maximum absolute atomic E-state index is 11.4. The van der Waals surface area contributed by atoms with Crippen LogP contribution in [0, 0.1) is 0 Å². The molecule has 0 fully saturated rings. The Morgan fingerprint density at radius 1 is 1.47 bits per heavy atom. The van der Waals surface area contributed by atoms with Crippen molar-refractivity contribution in [2.24, 2.45) is 5.73 Å². The van der Waals surface area contributed by atoms with E-state index in [-0.39, 0.29) is 5.91 Å². The third-order valence-electron chi connectivity index (χ3n) is 2.07. The molecule has 0 aromatic heterocycles. The van der Waals surface area contributed by atoms with Gasteiger partial charge in [-0.2, -0.15) is 0 Å². The van der Waals surface area contributed by atoms with Crippen LogP contribution in [0.2, 0.25) is 0 Å². The predicted octanol–water partition coefficient (Wildman–Crippen LogP) is 0.998. The standard InChI is InChI=1S/C12H18N2O3/c1-9(13)12(15)14-10-4-3-5-11(8-10)17-7-6-16-2/h3-5,8-9H,6-7,13H2,1-2H3,(H,14,15). The molecule has 17 heavy (non-hydrogen) atoms. The highest BCUT2D eigenvalue weighted by molar-refractivity contribution is 5.94. The lowest BCUT2D eigenvalue weighted by Crippen LogP contribution is -2.32. The Balaban J connectivity index is 2.56. The molecule has 1 amide bonds. The summed E-state index contributed by atoms with van der Waals surface area (Å²) in [6.07, 6.45) is 0. The van der Waals surface area contributed by atoms with Crippen molar-refractivity contribution in [3.8, 4) is 5.75 Å². The minimum absolute atomic E-state index is 0.223. The van der Waals surface area contributed by atoms with Crippen LogP contribution < -0.4 is 15.8 Å². The van der Waals surface area contributed by atoms with Gasteiger partial charge in [-0.15, -0.1) is 0 Å². The van der Waals surface area contributed by atoms with Gasteiger partial charge in [0.05, 0.1) is 12.6 Å². The average Bonchev–Trinajstić information content (AvgIpc) is 2.30. The van der Waals surface area contributed by atoms with E-state index in [1.807, 2.05) is 6.07 Å². The highest BCUT2D eigenvalue weighted by atomic mass is 16.5. The third kappa shape index (κ3) is 4.84. The smallest absolute Gasteiger partial charge is 0.241 e. The second-order valence-electron chi connectivity index (χ2n) is 3.65. The minimum atomic E-state index is -0.534. The fraction of sp³-hybridized carbons (Fsp3) is 0.417. The highest BCUT2D eigenvalue weighted by Gasteiger charge is 2.07. The van der Waals surface area contributed by atoms with E-state index in [4.69, 9.17) is 15.2 Å². The van der Waals surface area contributed by atoms with Crippen LogP contribution >= 0.6 is 0 Å². The van der Waals surface area contributed by atoms with Crippen molar-refractivity contribution in [1.29, 1.82) is 0 Å². The molecule has 0 aliphatic rings. The molecule has 0 heterocycles. The molecule has 94 valence electrons. The SMILES string of the molecule is COCCOc1cccc(NC(=O)C(C)N)c1. The van der Waals surface area contributed by atoms with Crippen LogP contribution in [0.25, 0.3) is 0 Å². The summed E-state index contributed by atoms with van der Waals surface area (Å²) in [5.41, 5.74) is 6.13. The number of methoxy groups -OCH3 is 1. The molecule has 1 unspecified atom stereocenters. The average molecular weight is 238 g/mol. The van der Waals surface area contributed by atoms with Gasteiger partial charge in [0.15, 0.2) is 0 Å². The molecule has 1 atom stereocenters. The summed E-state index contributed by atoms with van der Waals surface area (Å²) < 4.78 is 10.3. The molecule has 5 nitrogen and oxygen atoms in total. The van der Waals surface area contributed by atoms with E-state index in [1.165, 1.54) is 0 Å². The van der Waals surface area contributed by atoms with Crippen LogP contribution in [0.1, 0.15) is 6.92 Å². The van der Waals surface area contributed by atoms with Crippen LogP contribution in [-0.4, -0.2) is 32.3 Å². The van der Waals surface area contributed by atoms with E-state index in [1.54, 1.807) is 32.2 Å². The maximum Gasteiger partial charge on any atom is 0.241 e. The molecule has 0 aliphatic heterocycles. The van der Waals surface area contributed by atoms with Crippen molar-refractivity contribution in [3.05, 3.63) is 24.3 Å². The summed E-state index contributed by atoms with van der Waals surface area (Å²) in [6, 6.07) is 6.61. The lowest BCUT2D eigenvalue weighted by atomic mass is 10.2. The van der Waals surface area contributed by atoms with Crippen LogP contribution in [0.3, 0.4) is 0 Å². The number of nitrogens with two attached hydrogens (primary N) is 1. The topological polar surface area (TPSA) is 73.6 Å². The number of hydrogen-bond donors (Lipinski definition) is 2. The lowest BCUT2D eigenvalue weighted by molar-refractivity contribution is -0.117. The van der Waals surface area contributed by atoms with Gasteiger partial charge in [-0.1, -0.05) is 6.07 Å². The van der Waals surface area contributed by atoms with E-state index in [9.17, 15) is 4.79 Å². The van der Waals surface area contributed by atoms with E-state index >= 15 is 0 Å². The Bertz CT molecular complexity index is 367. The van der Waals surface area contributed by atoms with Crippen molar-refractivity contribution in [2.75, 3.05) is 25.6 Å². The number of nitrogens with one attached hydrogen (secondary N) is 1. The Kier molecular flexibility index (Phi) is 5.45. The van der Waals surface area contributed by atoms with Crippen molar-refractivity contribution >= 4 is 11.6 Å². The van der Waals surface area contributed by atoms with Crippen LogP contribution in [-0.2, 0) is 9.53 Å². The largest absolute Gasteiger partial charge is 0.491 e. The summed E-state index contributed by atoms with van der Waals surface area (Å²) in [5, 5.41) is 2.70. The summed E-state index contributed by atoms with van der Waals surface area (Å²) in [5.74, 6) is 0.462. The number of ether oxygens (including phenoxy) is 2. The first kappa shape index (κ1) is 13.5. The summed E-state index contributed by atoms with van der Waals surface area (Å²) in [4.78, 5) is 11.4. The quantitative estimate of drug-likeness (QED) is 0.725. The van der Waals surface area contributed by atoms with Crippen molar-refractivity contribution < 1.29 is 14.3 Å². The van der Waals surface area contributed by atoms with Crippen LogP contribution in [0.15, 0.2) is 24.3 Å². The van der Waals surface area contributed by atoms with Crippen molar-refractivity contribution in [2.45, 2.75) is 13.0 Å². The van der Waals surface area contributed by atoms with Gasteiger partial charge in [-0.3, -0.25) is 4.79 Å². The predicted molar refractivity (Wildman–Crippen MR) is 66.1 cm³/mol. The van der Waals surface area contributed by atoms with Crippen LogP contribution in [0.4, 0.5) is 5.69 Å². The Hall–Kier alpha value is -1.59. The Morgan fingerprint density at radius 3 is 2.88 bits per heavy atom. The first-order valence-corrected chi connectivity index (χ1v) is 5.41. The van der Waals surface area contributed by atoms with E-state index < -0.39 is 6.04 Å². The normalized spacial score (nSPS) is 11.9. The Morgan fingerprint density at radius 2 is 2.24 bits per heavy atom. The van der Waals surface area contributed by atoms with Gasteiger partial charge in [-0.25, -0.2) is 0 Å². The highest BCUT2D eigenvalue weighted by Crippen LogP contribution is 2.17. The van der Waals surface area contributed by atoms with Gasteiger partial charge in [-0.05, 0) is 19.1 Å². The number of amides is 1. The fourth-order valence-corrected chi connectivity index (χ4v) is 1.16. The van der Waals surface area contributed by atoms with E-state index in [0.717, 1.165) is 0 Å². The molecule has 0 aliphatic carbocycles. The van der Waals surface area contributed by atoms with Gasteiger partial charge < -0.3 is 20.5 Å². The zero-order valence-electron chi connectivity index (χ0n) is 10.1. The molecule has 1 rings (SSSR count). The van der Waals surface area contributed by atoms with E-state index in [2.05, 4.69) is 5.32 Å². The molecular weight excluding hydrogens is 220 g/mol.